The summed E-state index contributed by atoms with van der Waals surface area (Å²) in [5.74, 6) is 0.639. The van der Waals surface area contributed by atoms with Gasteiger partial charge in [-0.1, -0.05) is 6.07 Å². The zero-order valence-corrected chi connectivity index (χ0v) is 16.2. The second kappa shape index (κ2) is 10.2. The summed E-state index contributed by atoms with van der Waals surface area (Å²) in [4.78, 5) is 15.3. The lowest BCUT2D eigenvalue weighted by Gasteiger charge is -2.12. The van der Waals surface area contributed by atoms with E-state index in [0.29, 0.717) is 40.8 Å². The first-order chi connectivity index (χ1) is 13.4. The number of benzene rings is 1. The van der Waals surface area contributed by atoms with Crippen molar-refractivity contribution in [3.63, 3.8) is 0 Å². The van der Waals surface area contributed by atoms with Crippen LogP contribution in [0.4, 0.5) is 17.1 Å². The normalized spacial score (nSPS) is 12.4. The molecule has 0 aliphatic heterocycles. The number of aromatic nitrogens is 1. The number of aliphatic hydroxyl groups is 1. The fourth-order valence-corrected chi connectivity index (χ4v) is 2.30. The van der Waals surface area contributed by atoms with Crippen molar-refractivity contribution < 1.29 is 9.84 Å². The van der Waals surface area contributed by atoms with Gasteiger partial charge in [-0.05, 0) is 32.3 Å². The van der Waals surface area contributed by atoms with Crippen LogP contribution in [0.5, 0.6) is 5.75 Å². The lowest BCUT2D eigenvalue weighted by atomic mass is 10.2. The number of nitrogens with zero attached hydrogens (tertiary/aromatic N) is 4. The van der Waals surface area contributed by atoms with E-state index in [1.165, 1.54) is 0 Å². The molecule has 1 aromatic heterocycles. The number of amidine groups is 1. The lowest BCUT2D eigenvalue weighted by molar-refractivity contribution is 0.202. The van der Waals surface area contributed by atoms with E-state index < -0.39 is 0 Å². The maximum absolute atomic E-state index is 8.97. The number of hydrogen-bond acceptors (Lipinski definition) is 8. The summed E-state index contributed by atoms with van der Waals surface area (Å²) in [5, 5.41) is 8.97. The molecule has 1 aromatic carbocycles. The molecule has 1 heterocycles. The van der Waals surface area contributed by atoms with Crippen LogP contribution in [0.15, 0.2) is 46.5 Å². The van der Waals surface area contributed by atoms with Crippen molar-refractivity contribution in [2.24, 2.45) is 15.7 Å². The highest BCUT2D eigenvalue weighted by atomic mass is 16.5. The molecular weight excluding hydrogens is 358 g/mol. The standard InChI is InChI=1S/C19H27N7O2/c1-26(2)8-7-24-19(22)18(15-5-3-4-6-23-15)25-16-12-17(28-10-9-27)14(21)11-13(16)20/h3-6,11-12,27H,7-10,20-21H2,1-2H3,(H2,22,24). The summed E-state index contributed by atoms with van der Waals surface area (Å²) in [7, 11) is 3.92. The van der Waals surface area contributed by atoms with Gasteiger partial charge in [0.2, 0.25) is 0 Å². The maximum Gasteiger partial charge on any atom is 0.146 e. The van der Waals surface area contributed by atoms with E-state index in [-0.39, 0.29) is 19.0 Å². The molecule has 2 aromatic rings. The van der Waals surface area contributed by atoms with Gasteiger partial charge in [0, 0.05) is 18.8 Å². The minimum absolute atomic E-state index is 0.110. The van der Waals surface area contributed by atoms with Gasteiger partial charge in [0.1, 0.15) is 23.9 Å². The molecule has 9 heteroatoms. The van der Waals surface area contributed by atoms with Gasteiger partial charge in [0.05, 0.1) is 35.9 Å². The first kappa shape index (κ1) is 21.1. The topological polar surface area (TPSA) is 148 Å². The Balaban J connectivity index is 2.47. The molecule has 0 aliphatic rings. The van der Waals surface area contributed by atoms with E-state index >= 15 is 0 Å². The van der Waals surface area contributed by atoms with Crippen LogP contribution in [0.3, 0.4) is 0 Å². The predicted molar refractivity (Wildman–Crippen MR) is 113 cm³/mol. The van der Waals surface area contributed by atoms with Gasteiger partial charge in [0.15, 0.2) is 0 Å². The highest BCUT2D eigenvalue weighted by Crippen LogP contribution is 2.33. The Morgan fingerprint density at radius 2 is 2.00 bits per heavy atom. The van der Waals surface area contributed by atoms with Crippen molar-refractivity contribution in [1.82, 2.24) is 9.88 Å². The van der Waals surface area contributed by atoms with Gasteiger partial charge in [-0.3, -0.25) is 9.98 Å². The number of ether oxygens (including phenoxy) is 1. The molecule has 28 heavy (non-hydrogen) atoms. The molecular formula is C19H27N7O2. The first-order valence-electron chi connectivity index (χ1n) is 8.80. The average molecular weight is 385 g/mol. The van der Waals surface area contributed by atoms with Crippen molar-refractivity contribution >= 4 is 28.6 Å². The summed E-state index contributed by atoms with van der Waals surface area (Å²) in [6.45, 7) is 1.25. The monoisotopic (exact) mass is 385 g/mol. The minimum Gasteiger partial charge on any atom is -0.489 e. The summed E-state index contributed by atoms with van der Waals surface area (Å²) < 4.78 is 5.44. The highest BCUT2D eigenvalue weighted by molar-refractivity contribution is 6.47. The van der Waals surface area contributed by atoms with Crippen LogP contribution in [0.25, 0.3) is 0 Å². The Morgan fingerprint density at radius 1 is 1.21 bits per heavy atom. The van der Waals surface area contributed by atoms with E-state index in [1.54, 1.807) is 30.5 Å². The van der Waals surface area contributed by atoms with Crippen LogP contribution in [0.2, 0.25) is 0 Å². The van der Waals surface area contributed by atoms with Gasteiger partial charge in [-0.25, -0.2) is 4.99 Å². The van der Waals surface area contributed by atoms with Crippen LogP contribution < -0.4 is 21.9 Å². The minimum atomic E-state index is -0.132. The van der Waals surface area contributed by atoms with Crippen molar-refractivity contribution in [2.75, 3.05) is 51.9 Å². The first-order valence-corrected chi connectivity index (χ1v) is 8.80. The summed E-state index contributed by atoms with van der Waals surface area (Å²) >= 11 is 0. The fraction of sp³-hybridized carbons (Fsp3) is 0.316. The third-order valence-corrected chi connectivity index (χ3v) is 3.72. The van der Waals surface area contributed by atoms with Crippen molar-refractivity contribution in [1.29, 1.82) is 0 Å². The van der Waals surface area contributed by atoms with Gasteiger partial charge >= 0.3 is 0 Å². The number of aliphatic hydroxyl groups excluding tert-OH is 1. The number of anilines is 2. The smallest absolute Gasteiger partial charge is 0.146 e. The zero-order valence-electron chi connectivity index (χ0n) is 16.2. The predicted octanol–water partition coefficient (Wildman–Crippen LogP) is 0.657. The second-order valence-corrected chi connectivity index (χ2v) is 6.27. The van der Waals surface area contributed by atoms with Gasteiger partial charge in [0.25, 0.3) is 0 Å². The molecule has 7 N–H and O–H groups in total. The zero-order chi connectivity index (χ0) is 20.5. The SMILES string of the molecule is CN(C)CCN=C(N)C(=Nc1cc(OCCO)c(N)cc1N)c1ccccn1. The molecule has 0 radical (unpaired) electrons. The Hall–Kier alpha value is -3.17. The quantitative estimate of drug-likeness (QED) is 0.281. The lowest BCUT2D eigenvalue weighted by Crippen LogP contribution is -2.27. The van der Waals surface area contributed by atoms with Crippen LogP contribution >= 0.6 is 0 Å². The van der Waals surface area contributed by atoms with E-state index in [0.717, 1.165) is 6.54 Å². The molecule has 0 unspecified atom stereocenters. The van der Waals surface area contributed by atoms with E-state index in [1.807, 2.05) is 25.1 Å². The van der Waals surface area contributed by atoms with Crippen molar-refractivity contribution in [2.45, 2.75) is 0 Å². The van der Waals surface area contributed by atoms with Crippen LogP contribution in [-0.2, 0) is 0 Å². The molecule has 0 fully saturated rings. The number of rotatable bonds is 9. The second-order valence-electron chi connectivity index (χ2n) is 6.27. The Morgan fingerprint density at radius 3 is 2.64 bits per heavy atom. The highest BCUT2D eigenvalue weighted by Gasteiger charge is 2.13. The van der Waals surface area contributed by atoms with Crippen LogP contribution in [-0.4, -0.2) is 66.9 Å². The van der Waals surface area contributed by atoms with Gasteiger partial charge in [-0.15, -0.1) is 0 Å². The number of nitrogens with two attached hydrogens (primary N) is 3. The molecule has 2 rings (SSSR count). The van der Waals surface area contributed by atoms with Crippen molar-refractivity contribution in [3.8, 4) is 5.75 Å². The molecule has 0 saturated heterocycles. The number of hydrogen-bond donors (Lipinski definition) is 4. The van der Waals surface area contributed by atoms with Gasteiger partial charge < -0.3 is 31.9 Å². The van der Waals surface area contributed by atoms with Crippen molar-refractivity contribution in [3.05, 3.63) is 42.2 Å². The maximum atomic E-state index is 8.97. The third-order valence-electron chi connectivity index (χ3n) is 3.72. The number of likely N-dealkylation sites (N-methyl/N-ethyl adjacent to an activating group) is 1. The van der Waals surface area contributed by atoms with Crippen LogP contribution in [0.1, 0.15) is 5.69 Å². The van der Waals surface area contributed by atoms with E-state index in [2.05, 4.69) is 15.0 Å². The fourth-order valence-electron chi connectivity index (χ4n) is 2.30. The molecule has 0 bridgehead atoms. The number of pyridine rings is 1. The number of aliphatic imine (C=N–C) groups is 2. The Bertz CT molecular complexity index is 836. The molecule has 0 aliphatic carbocycles. The molecule has 150 valence electrons. The van der Waals surface area contributed by atoms with Gasteiger partial charge in [-0.2, -0.15) is 0 Å². The van der Waals surface area contributed by atoms with E-state index in [4.69, 9.17) is 27.0 Å². The molecule has 9 nitrogen and oxygen atoms in total. The summed E-state index contributed by atoms with van der Waals surface area (Å²) in [6, 6.07) is 8.60. The molecule has 0 spiro atoms. The molecule has 0 atom stereocenters. The molecule has 0 saturated carbocycles. The average Bonchev–Trinajstić information content (AvgIpc) is 2.66. The van der Waals surface area contributed by atoms with E-state index in [9.17, 15) is 0 Å². The largest absolute Gasteiger partial charge is 0.489 e. The summed E-state index contributed by atoms with van der Waals surface area (Å²) in [5.41, 5.74) is 20.4. The summed E-state index contributed by atoms with van der Waals surface area (Å²) in [6.07, 6.45) is 1.65. The molecule has 0 amide bonds. The number of nitrogen functional groups attached to an aromatic ring is 2. The Labute approximate surface area is 164 Å². The Kier molecular flexibility index (Phi) is 7.73. The van der Waals surface area contributed by atoms with Crippen LogP contribution in [0, 0.1) is 0 Å². The third kappa shape index (κ3) is 5.93.